The summed E-state index contributed by atoms with van der Waals surface area (Å²) >= 11 is 0. The maximum absolute atomic E-state index is 12.6. The number of fused-ring (bicyclic) bond motifs is 2. The Bertz CT molecular complexity index is 904. The van der Waals surface area contributed by atoms with Crippen LogP contribution in [0.15, 0.2) is 30.0 Å². The minimum Gasteiger partial charge on any atom is -0.345 e. The lowest BCUT2D eigenvalue weighted by Gasteiger charge is -2.17. The van der Waals surface area contributed by atoms with Crippen molar-refractivity contribution in [3.8, 4) is 0 Å². The maximum Gasteiger partial charge on any atom is 0.248 e. The van der Waals surface area contributed by atoms with E-state index >= 15 is 0 Å². The lowest BCUT2D eigenvalue weighted by Crippen LogP contribution is -2.28. The highest BCUT2D eigenvalue weighted by Crippen LogP contribution is 2.37. The second-order valence-electron chi connectivity index (χ2n) is 7.92. The number of pyridine rings is 1. The van der Waals surface area contributed by atoms with Crippen LogP contribution in [0, 0.1) is 11.8 Å². The molecule has 1 saturated heterocycles. The van der Waals surface area contributed by atoms with E-state index in [2.05, 4.69) is 10.3 Å². The van der Waals surface area contributed by atoms with E-state index in [0.29, 0.717) is 37.7 Å². The van der Waals surface area contributed by atoms with Crippen molar-refractivity contribution >= 4 is 29.6 Å². The Morgan fingerprint density at radius 2 is 2.00 bits per heavy atom. The zero-order valence-electron chi connectivity index (χ0n) is 18.1. The fraction of sp³-hybridized carbons (Fsp3) is 0.478. The number of amides is 3. The smallest absolute Gasteiger partial charge is 0.248 e. The van der Waals surface area contributed by atoms with Gasteiger partial charge < -0.3 is 15.1 Å². The Balaban J connectivity index is 0.00000124. The van der Waals surface area contributed by atoms with Gasteiger partial charge in [-0.05, 0) is 42.0 Å². The van der Waals surface area contributed by atoms with Gasteiger partial charge >= 0.3 is 0 Å². The molecule has 7 nitrogen and oxygen atoms in total. The van der Waals surface area contributed by atoms with E-state index in [0.717, 1.165) is 23.1 Å². The Labute approximate surface area is 177 Å². The van der Waals surface area contributed by atoms with Gasteiger partial charge in [0.2, 0.25) is 17.7 Å². The summed E-state index contributed by atoms with van der Waals surface area (Å²) in [4.78, 5) is 43.8. The predicted molar refractivity (Wildman–Crippen MR) is 117 cm³/mol. The number of hydrogen-bond acceptors (Lipinski definition) is 4. The molecule has 1 fully saturated rings. The van der Waals surface area contributed by atoms with E-state index in [1.807, 2.05) is 30.9 Å². The van der Waals surface area contributed by atoms with Gasteiger partial charge in [-0.3, -0.25) is 14.4 Å². The van der Waals surface area contributed by atoms with E-state index in [4.69, 9.17) is 0 Å². The Morgan fingerprint density at radius 3 is 2.70 bits per heavy atom. The molecule has 0 saturated carbocycles. The monoisotopic (exact) mass is 410 g/mol. The fourth-order valence-corrected chi connectivity index (χ4v) is 4.17. The van der Waals surface area contributed by atoms with Crippen molar-refractivity contribution in [2.75, 3.05) is 32.5 Å². The first-order valence-electron chi connectivity index (χ1n) is 10.6. The van der Waals surface area contributed by atoms with E-state index in [1.54, 1.807) is 37.3 Å². The quantitative estimate of drug-likeness (QED) is 0.776. The van der Waals surface area contributed by atoms with Gasteiger partial charge in [-0.1, -0.05) is 19.9 Å². The third-order valence-corrected chi connectivity index (χ3v) is 5.67. The van der Waals surface area contributed by atoms with Crippen LogP contribution in [0.1, 0.15) is 37.8 Å². The van der Waals surface area contributed by atoms with Crippen molar-refractivity contribution in [2.45, 2.75) is 33.1 Å². The lowest BCUT2D eigenvalue weighted by molar-refractivity contribution is -0.125. The molecule has 0 bridgehead atoms. The molecule has 2 unspecified atom stereocenters. The van der Waals surface area contributed by atoms with Crippen LogP contribution >= 0.6 is 0 Å². The lowest BCUT2D eigenvalue weighted by atomic mass is 10.00. The van der Waals surface area contributed by atoms with Gasteiger partial charge in [0.1, 0.15) is 5.82 Å². The predicted octanol–water partition coefficient (Wildman–Crippen LogP) is 2.50. The minimum atomic E-state index is -0.0192. The van der Waals surface area contributed by atoms with E-state index in [9.17, 15) is 14.4 Å². The van der Waals surface area contributed by atoms with Gasteiger partial charge in [0.25, 0.3) is 0 Å². The molecule has 1 aromatic heterocycles. The summed E-state index contributed by atoms with van der Waals surface area (Å²) in [5, 5.41) is 2.76. The summed E-state index contributed by atoms with van der Waals surface area (Å²) in [6.45, 7) is 5.34. The van der Waals surface area contributed by atoms with Crippen LogP contribution in [0.5, 0.6) is 0 Å². The zero-order valence-corrected chi connectivity index (χ0v) is 18.1. The normalized spacial score (nSPS) is 21.9. The van der Waals surface area contributed by atoms with E-state index in [-0.39, 0.29) is 23.6 Å². The molecule has 7 heteroatoms. The third-order valence-electron chi connectivity index (χ3n) is 5.67. The standard InChI is InChI=1S/C21H24N4O3.C2H6/c1-24(2)21(28)15-8-16-11-25(12-17(16)9-15)19(27)6-3-13-7-14-4-5-18(26)23-20(14)22-10-13;1-2/h3,6-8,10,16-17H,4-5,9,11-12H2,1-2H3,(H,22,23,26);1-2H3/b6-3+;. The summed E-state index contributed by atoms with van der Waals surface area (Å²) in [7, 11) is 3.53. The molecule has 3 aliphatic rings. The van der Waals surface area contributed by atoms with Crippen LogP contribution in [0.2, 0.25) is 0 Å². The van der Waals surface area contributed by atoms with Crippen molar-refractivity contribution in [3.05, 3.63) is 41.1 Å². The van der Waals surface area contributed by atoms with Crippen molar-refractivity contribution in [1.29, 1.82) is 0 Å². The molecule has 3 amide bonds. The molecular formula is C23H30N4O3. The number of nitrogens with zero attached hydrogens (tertiary/aromatic N) is 3. The second kappa shape index (κ2) is 9.24. The molecule has 1 aromatic rings. The van der Waals surface area contributed by atoms with Gasteiger partial charge in [0.15, 0.2) is 0 Å². The SMILES string of the molecule is CC.CN(C)C(=O)C1=CC2CN(C(=O)/C=C/c3cnc4c(c3)CCC(=O)N4)CC2C1. The molecule has 30 heavy (non-hydrogen) atoms. The van der Waals surface area contributed by atoms with Crippen LogP contribution in [0.3, 0.4) is 0 Å². The first-order valence-corrected chi connectivity index (χ1v) is 10.6. The summed E-state index contributed by atoms with van der Waals surface area (Å²) in [5.41, 5.74) is 2.71. The largest absolute Gasteiger partial charge is 0.345 e. The Morgan fingerprint density at radius 1 is 1.23 bits per heavy atom. The van der Waals surface area contributed by atoms with Crippen LogP contribution < -0.4 is 5.32 Å². The Hall–Kier alpha value is -2.96. The molecule has 0 aromatic carbocycles. The number of aromatic nitrogens is 1. The molecule has 1 N–H and O–H groups in total. The van der Waals surface area contributed by atoms with Crippen molar-refractivity contribution in [3.63, 3.8) is 0 Å². The number of nitrogens with one attached hydrogen (secondary N) is 1. The van der Waals surface area contributed by atoms with Gasteiger partial charge in [0.05, 0.1) is 0 Å². The highest BCUT2D eigenvalue weighted by Gasteiger charge is 2.39. The summed E-state index contributed by atoms with van der Waals surface area (Å²) < 4.78 is 0. The fourth-order valence-electron chi connectivity index (χ4n) is 4.17. The summed E-state index contributed by atoms with van der Waals surface area (Å²) in [6, 6.07) is 1.96. The highest BCUT2D eigenvalue weighted by molar-refractivity contribution is 5.95. The number of hydrogen-bond donors (Lipinski definition) is 1. The average Bonchev–Trinajstić information content (AvgIpc) is 3.32. The van der Waals surface area contributed by atoms with Crippen LogP contribution in [0.4, 0.5) is 5.82 Å². The average molecular weight is 411 g/mol. The highest BCUT2D eigenvalue weighted by atomic mass is 16.2. The molecule has 1 aliphatic carbocycles. The molecule has 0 spiro atoms. The van der Waals surface area contributed by atoms with Gasteiger partial charge in [0, 0.05) is 57.4 Å². The minimum absolute atomic E-state index is 0.0115. The number of anilines is 1. The Kier molecular flexibility index (Phi) is 6.70. The van der Waals surface area contributed by atoms with Crippen molar-refractivity contribution in [1.82, 2.24) is 14.8 Å². The molecule has 2 atom stereocenters. The third kappa shape index (κ3) is 4.61. The number of carbonyl (C=O) groups is 3. The summed E-state index contributed by atoms with van der Waals surface area (Å²) in [6.07, 6.45) is 8.94. The molecule has 3 heterocycles. The first-order chi connectivity index (χ1) is 14.4. The molecular weight excluding hydrogens is 380 g/mol. The van der Waals surface area contributed by atoms with Crippen LogP contribution in [0.25, 0.3) is 6.08 Å². The molecule has 160 valence electrons. The van der Waals surface area contributed by atoms with Crippen LogP contribution in [-0.4, -0.2) is 59.7 Å². The number of rotatable bonds is 3. The van der Waals surface area contributed by atoms with Crippen LogP contribution in [-0.2, 0) is 20.8 Å². The van der Waals surface area contributed by atoms with Crippen molar-refractivity contribution < 1.29 is 14.4 Å². The zero-order chi connectivity index (χ0) is 21.8. The molecule has 4 rings (SSSR count). The number of likely N-dealkylation sites (tertiary alicyclic amines) is 1. The summed E-state index contributed by atoms with van der Waals surface area (Å²) in [5.74, 6) is 1.26. The second-order valence-corrected chi connectivity index (χ2v) is 7.92. The van der Waals surface area contributed by atoms with Crippen molar-refractivity contribution in [2.24, 2.45) is 11.8 Å². The maximum atomic E-state index is 12.6. The first kappa shape index (κ1) is 21.7. The van der Waals surface area contributed by atoms with Gasteiger partial charge in [-0.15, -0.1) is 0 Å². The van der Waals surface area contributed by atoms with Gasteiger partial charge in [-0.2, -0.15) is 0 Å². The van der Waals surface area contributed by atoms with Gasteiger partial charge in [-0.25, -0.2) is 4.98 Å². The topological polar surface area (TPSA) is 82.6 Å². The number of carbonyl (C=O) groups excluding carboxylic acids is 3. The number of aryl methyl sites for hydroxylation is 1. The molecule has 2 aliphatic heterocycles. The van der Waals surface area contributed by atoms with E-state index in [1.165, 1.54) is 0 Å². The van der Waals surface area contributed by atoms with E-state index < -0.39 is 0 Å². The number of likely N-dealkylation sites (N-methyl/N-ethyl adjacent to an activating group) is 1. The molecule has 0 radical (unpaired) electrons.